The second-order valence-electron chi connectivity index (χ2n) is 8.24. The number of aromatic nitrogens is 2. The number of methoxy groups -OCH3 is 1. The number of ether oxygens (including phenoxy) is 2. The Hall–Kier alpha value is -3.65. The Kier molecular flexibility index (Phi) is 7.27. The first-order valence-electron chi connectivity index (χ1n) is 11.5. The summed E-state index contributed by atoms with van der Waals surface area (Å²) >= 11 is 0. The number of nitrogens with zero attached hydrogens (tertiary/aromatic N) is 4. The highest BCUT2D eigenvalue weighted by atomic mass is 16.5. The minimum Gasteiger partial charge on any atom is -0.497 e. The fourth-order valence-corrected chi connectivity index (χ4v) is 4.11. The predicted molar refractivity (Wildman–Crippen MR) is 128 cm³/mol. The molecule has 0 N–H and O–H groups in total. The molecular formula is C26H30N4O4. The van der Waals surface area contributed by atoms with Crippen molar-refractivity contribution in [3.63, 3.8) is 0 Å². The number of hydrogen-bond acceptors (Lipinski definition) is 6. The van der Waals surface area contributed by atoms with E-state index < -0.39 is 0 Å². The van der Waals surface area contributed by atoms with Gasteiger partial charge in [0.1, 0.15) is 11.3 Å². The standard InChI is InChI=1S/C26H30N4O4/c1-4-34-26(32)24-17-27-30(19(24)2)22-9-7-21(8-10-22)25(31)29-15-13-28(14-16-29)18-20-5-11-23(33-3)12-6-20/h5-12,17H,4,13-16,18H2,1-3H3. The van der Waals surface area contributed by atoms with Crippen molar-refractivity contribution in [3.05, 3.63) is 77.1 Å². The second kappa shape index (κ2) is 10.5. The van der Waals surface area contributed by atoms with E-state index in [-0.39, 0.29) is 11.9 Å². The summed E-state index contributed by atoms with van der Waals surface area (Å²) < 4.78 is 12.0. The summed E-state index contributed by atoms with van der Waals surface area (Å²) in [5.74, 6) is 0.497. The van der Waals surface area contributed by atoms with Gasteiger partial charge in [-0.3, -0.25) is 9.69 Å². The lowest BCUT2D eigenvalue weighted by molar-refractivity contribution is 0.0525. The van der Waals surface area contributed by atoms with Crippen molar-refractivity contribution in [2.75, 3.05) is 39.9 Å². The van der Waals surface area contributed by atoms with Crippen LogP contribution in [0.2, 0.25) is 0 Å². The molecule has 0 radical (unpaired) electrons. The molecule has 0 unspecified atom stereocenters. The molecule has 3 aromatic rings. The zero-order valence-electron chi connectivity index (χ0n) is 19.9. The van der Waals surface area contributed by atoms with E-state index in [1.54, 1.807) is 18.7 Å². The van der Waals surface area contributed by atoms with Crippen LogP contribution in [-0.2, 0) is 11.3 Å². The molecule has 1 aromatic heterocycles. The van der Waals surface area contributed by atoms with Crippen LogP contribution in [0.5, 0.6) is 5.75 Å². The molecule has 0 atom stereocenters. The molecule has 0 bridgehead atoms. The molecule has 34 heavy (non-hydrogen) atoms. The van der Waals surface area contributed by atoms with Crippen LogP contribution in [0.3, 0.4) is 0 Å². The highest BCUT2D eigenvalue weighted by Crippen LogP contribution is 2.18. The van der Waals surface area contributed by atoms with Gasteiger partial charge < -0.3 is 14.4 Å². The van der Waals surface area contributed by atoms with Gasteiger partial charge in [0.2, 0.25) is 0 Å². The zero-order chi connectivity index (χ0) is 24.1. The molecule has 4 rings (SSSR count). The third-order valence-electron chi connectivity index (χ3n) is 6.09. The average Bonchev–Trinajstić information content (AvgIpc) is 3.26. The van der Waals surface area contributed by atoms with E-state index >= 15 is 0 Å². The van der Waals surface area contributed by atoms with Gasteiger partial charge in [0.05, 0.1) is 31.3 Å². The third kappa shape index (κ3) is 5.12. The summed E-state index contributed by atoms with van der Waals surface area (Å²) in [6, 6.07) is 15.4. The first-order chi connectivity index (χ1) is 16.5. The first kappa shape index (κ1) is 23.5. The third-order valence-corrected chi connectivity index (χ3v) is 6.09. The van der Waals surface area contributed by atoms with Gasteiger partial charge >= 0.3 is 5.97 Å². The number of piperazine rings is 1. The molecule has 1 fully saturated rings. The summed E-state index contributed by atoms with van der Waals surface area (Å²) in [4.78, 5) is 29.3. The summed E-state index contributed by atoms with van der Waals surface area (Å²) in [6.07, 6.45) is 1.51. The normalized spacial score (nSPS) is 14.1. The molecular weight excluding hydrogens is 432 g/mol. The number of carbonyl (C=O) groups is 2. The topological polar surface area (TPSA) is 76.9 Å². The van der Waals surface area contributed by atoms with Gasteiger partial charge in [-0.15, -0.1) is 0 Å². The fraction of sp³-hybridized carbons (Fsp3) is 0.346. The quantitative estimate of drug-likeness (QED) is 0.502. The van der Waals surface area contributed by atoms with Crippen LogP contribution in [0, 0.1) is 6.92 Å². The van der Waals surface area contributed by atoms with E-state index in [4.69, 9.17) is 9.47 Å². The molecule has 8 nitrogen and oxygen atoms in total. The molecule has 0 aliphatic carbocycles. The molecule has 1 aliphatic rings. The van der Waals surface area contributed by atoms with Gasteiger partial charge in [-0.25, -0.2) is 9.48 Å². The van der Waals surface area contributed by atoms with Crippen molar-refractivity contribution in [1.82, 2.24) is 19.6 Å². The summed E-state index contributed by atoms with van der Waals surface area (Å²) in [5.41, 5.74) is 3.80. The SMILES string of the molecule is CCOC(=O)c1cnn(-c2ccc(C(=O)N3CCN(Cc4ccc(OC)cc4)CC3)cc2)c1C. The molecule has 1 saturated heterocycles. The Morgan fingerprint density at radius 1 is 0.971 bits per heavy atom. The van der Waals surface area contributed by atoms with Crippen LogP contribution < -0.4 is 4.74 Å². The zero-order valence-corrected chi connectivity index (χ0v) is 19.9. The Balaban J connectivity index is 1.35. The molecule has 178 valence electrons. The van der Waals surface area contributed by atoms with Crippen LogP contribution >= 0.6 is 0 Å². The Morgan fingerprint density at radius 2 is 1.65 bits per heavy atom. The Bertz CT molecular complexity index is 1130. The number of hydrogen-bond donors (Lipinski definition) is 0. The number of amides is 1. The van der Waals surface area contributed by atoms with Crippen molar-refractivity contribution in [3.8, 4) is 11.4 Å². The molecule has 2 aromatic carbocycles. The Morgan fingerprint density at radius 3 is 2.26 bits per heavy atom. The highest BCUT2D eigenvalue weighted by molar-refractivity contribution is 5.94. The number of benzene rings is 2. The molecule has 1 aliphatic heterocycles. The number of rotatable bonds is 7. The van der Waals surface area contributed by atoms with Crippen molar-refractivity contribution in [2.45, 2.75) is 20.4 Å². The van der Waals surface area contributed by atoms with E-state index in [0.29, 0.717) is 36.5 Å². The second-order valence-corrected chi connectivity index (χ2v) is 8.24. The lowest BCUT2D eigenvalue weighted by Crippen LogP contribution is -2.48. The van der Waals surface area contributed by atoms with Gasteiger partial charge in [-0.1, -0.05) is 12.1 Å². The smallest absolute Gasteiger partial charge is 0.341 e. The average molecular weight is 463 g/mol. The number of carbonyl (C=O) groups excluding carboxylic acids is 2. The molecule has 8 heteroatoms. The van der Waals surface area contributed by atoms with Crippen LogP contribution in [-0.4, -0.2) is 71.4 Å². The summed E-state index contributed by atoms with van der Waals surface area (Å²) in [5, 5.41) is 4.31. The van der Waals surface area contributed by atoms with Gasteiger partial charge in [0.25, 0.3) is 5.91 Å². The molecule has 2 heterocycles. The van der Waals surface area contributed by atoms with Gasteiger partial charge in [-0.05, 0) is 55.8 Å². The van der Waals surface area contributed by atoms with Crippen LogP contribution in [0.4, 0.5) is 0 Å². The van der Waals surface area contributed by atoms with Crippen molar-refractivity contribution in [2.24, 2.45) is 0 Å². The highest BCUT2D eigenvalue weighted by Gasteiger charge is 2.22. The Labute approximate surface area is 199 Å². The van der Waals surface area contributed by atoms with Crippen LogP contribution in [0.15, 0.2) is 54.7 Å². The minimum absolute atomic E-state index is 0.0278. The van der Waals surface area contributed by atoms with Gasteiger partial charge in [0.15, 0.2) is 0 Å². The maximum Gasteiger partial charge on any atom is 0.341 e. The lowest BCUT2D eigenvalue weighted by Gasteiger charge is -2.34. The monoisotopic (exact) mass is 462 g/mol. The minimum atomic E-state index is -0.385. The summed E-state index contributed by atoms with van der Waals surface area (Å²) in [7, 11) is 1.67. The van der Waals surface area contributed by atoms with Crippen LogP contribution in [0.1, 0.15) is 38.9 Å². The summed E-state index contributed by atoms with van der Waals surface area (Å²) in [6.45, 7) is 7.82. The van der Waals surface area contributed by atoms with Crippen LogP contribution in [0.25, 0.3) is 5.69 Å². The van der Waals surface area contributed by atoms with E-state index in [2.05, 4.69) is 22.1 Å². The van der Waals surface area contributed by atoms with Gasteiger partial charge in [-0.2, -0.15) is 5.10 Å². The maximum atomic E-state index is 13.0. The van der Waals surface area contributed by atoms with Gasteiger partial charge in [0, 0.05) is 38.3 Å². The fourth-order valence-electron chi connectivity index (χ4n) is 4.11. The van der Waals surface area contributed by atoms with E-state index in [0.717, 1.165) is 31.1 Å². The lowest BCUT2D eigenvalue weighted by atomic mass is 10.1. The van der Waals surface area contributed by atoms with E-state index in [1.165, 1.54) is 11.8 Å². The molecule has 0 saturated carbocycles. The molecule has 1 amide bonds. The van der Waals surface area contributed by atoms with E-state index in [9.17, 15) is 9.59 Å². The van der Waals surface area contributed by atoms with Crippen molar-refractivity contribution in [1.29, 1.82) is 0 Å². The molecule has 0 spiro atoms. The van der Waals surface area contributed by atoms with Crippen molar-refractivity contribution < 1.29 is 19.1 Å². The first-order valence-corrected chi connectivity index (χ1v) is 11.5. The van der Waals surface area contributed by atoms with E-state index in [1.807, 2.05) is 48.2 Å². The van der Waals surface area contributed by atoms with Crippen molar-refractivity contribution >= 4 is 11.9 Å². The largest absolute Gasteiger partial charge is 0.497 e. The maximum absolute atomic E-state index is 13.0. The predicted octanol–water partition coefficient (Wildman–Crippen LogP) is 3.32. The number of esters is 1.